The molecule has 1 aromatic carbocycles. The summed E-state index contributed by atoms with van der Waals surface area (Å²) in [4.78, 5) is 21.8. The average Bonchev–Trinajstić information content (AvgIpc) is 3.27. The number of piperidine rings is 1. The van der Waals surface area contributed by atoms with Gasteiger partial charge >= 0.3 is 5.97 Å². The summed E-state index contributed by atoms with van der Waals surface area (Å²) in [7, 11) is 0. The average molecular weight is 516 g/mol. The Labute approximate surface area is 223 Å². The van der Waals surface area contributed by atoms with Crippen molar-refractivity contribution >= 4 is 22.7 Å². The topological polar surface area (TPSA) is 83.7 Å². The minimum absolute atomic E-state index is 0.0902. The third kappa shape index (κ3) is 4.28. The van der Waals surface area contributed by atoms with Crippen LogP contribution in [0.25, 0.3) is 16.7 Å². The summed E-state index contributed by atoms with van der Waals surface area (Å²) in [5.74, 6) is 0.105. The number of aromatic carboxylic acids is 1. The molecular formula is C30H37N5O3. The first-order chi connectivity index (χ1) is 18.6. The lowest BCUT2D eigenvalue weighted by molar-refractivity contribution is -0.105. The number of rotatable bonds is 6. The van der Waals surface area contributed by atoms with E-state index >= 15 is 0 Å². The molecule has 8 heteroatoms. The van der Waals surface area contributed by atoms with E-state index in [9.17, 15) is 9.90 Å². The molecule has 2 aromatic heterocycles. The van der Waals surface area contributed by atoms with Gasteiger partial charge in [-0.3, -0.25) is 0 Å². The number of carboxylic acid groups (broad SMARTS) is 1. The van der Waals surface area contributed by atoms with Crippen molar-refractivity contribution in [2.24, 2.45) is 11.3 Å². The number of carboxylic acids is 1. The van der Waals surface area contributed by atoms with Gasteiger partial charge in [-0.15, -0.1) is 0 Å². The van der Waals surface area contributed by atoms with Crippen molar-refractivity contribution in [3.8, 4) is 5.69 Å². The maximum absolute atomic E-state index is 12.2. The minimum atomic E-state index is -0.993. The zero-order valence-electron chi connectivity index (χ0n) is 22.0. The van der Waals surface area contributed by atoms with Gasteiger partial charge in [0.25, 0.3) is 0 Å². The van der Waals surface area contributed by atoms with Crippen LogP contribution in [0.15, 0.2) is 36.4 Å². The molecule has 200 valence electrons. The van der Waals surface area contributed by atoms with Crippen molar-refractivity contribution < 1.29 is 14.6 Å². The van der Waals surface area contributed by atoms with Gasteiger partial charge in [0.1, 0.15) is 0 Å². The van der Waals surface area contributed by atoms with E-state index in [1.54, 1.807) is 6.07 Å². The number of likely N-dealkylation sites (tertiary alicyclic amines) is 1. The summed E-state index contributed by atoms with van der Waals surface area (Å²) in [5.41, 5.74) is 4.17. The lowest BCUT2D eigenvalue weighted by atomic mass is 9.75. The molecule has 0 radical (unpaired) electrons. The summed E-state index contributed by atoms with van der Waals surface area (Å²) in [6, 6.07) is 11.8. The van der Waals surface area contributed by atoms with E-state index in [1.165, 1.54) is 38.9 Å². The second kappa shape index (κ2) is 9.65. The van der Waals surface area contributed by atoms with Crippen LogP contribution in [-0.2, 0) is 4.74 Å². The summed E-state index contributed by atoms with van der Waals surface area (Å²) >= 11 is 0. The number of pyridine rings is 1. The van der Waals surface area contributed by atoms with E-state index in [2.05, 4.69) is 14.8 Å². The van der Waals surface area contributed by atoms with Crippen LogP contribution in [0.2, 0.25) is 0 Å². The smallest absolute Gasteiger partial charge is 0.354 e. The number of hydrogen-bond acceptors (Lipinski definition) is 6. The van der Waals surface area contributed by atoms with Gasteiger partial charge in [0.15, 0.2) is 11.3 Å². The number of benzene rings is 1. The summed E-state index contributed by atoms with van der Waals surface area (Å²) in [6.45, 7) is 7.27. The Morgan fingerprint density at radius 2 is 1.87 bits per heavy atom. The second-order valence-corrected chi connectivity index (χ2v) is 12.0. The lowest BCUT2D eigenvalue weighted by Crippen LogP contribution is -2.60. The number of fused-ring (bicyclic) bond motifs is 1. The monoisotopic (exact) mass is 515 g/mol. The zero-order valence-corrected chi connectivity index (χ0v) is 22.0. The van der Waals surface area contributed by atoms with Crippen LogP contribution in [0.5, 0.6) is 0 Å². The van der Waals surface area contributed by atoms with Gasteiger partial charge in [-0.25, -0.2) is 14.5 Å². The third-order valence-corrected chi connectivity index (χ3v) is 9.35. The van der Waals surface area contributed by atoms with Crippen molar-refractivity contribution in [2.45, 2.75) is 50.9 Å². The van der Waals surface area contributed by atoms with Crippen LogP contribution >= 0.6 is 0 Å². The van der Waals surface area contributed by atoms with Gasteiger partial charge < -0.3 is 19.6 Å². The van der Waals surface area contributed by atoms with Crippen LogP contribution in [-0.4, -0.2) is 76.7 Å². The van der Waals surface area contributed by atoms with Crippen LogP contribution in [0.1, 0.15) is 67.0 Å². The van der Waals surface area contributed by atoms with Crippen molar-refractivity contribution in [2.75, 3.05) is 50.8 Å². The molecule has 0 atom stereocenters. The highest BCUT2D eigenvalue weighted by atomic mass is 16.5. The molecule has 3 aliphatic heterocycles. The van der Waals surface area contributed by atoms with Gasteiger partial charge in [0.2, 0.25) is 0 Å². The molecule has 0 amide bonds. The predicted molar refractivity (Wildman–Crippen MR) is 146 cm³/mol. The van der Waals surface area contributed by atoms with Crippen LogP contribution < -0.4 is 4.90 Å². The zero-order chi connectivity index (χ0) is 25.7. The van der Waals surface area contributed by atoms with Crippen molar-refractivity contribution in [3.63, 3.8) is 0 Å². The first kappa shape index (κ1) is 24.1. The fourth-order valence-corrected chi connectivity index (χ4v) is 7.11. The van der Waals surface area contributed by atoms with Crippen LogP contribution in [0.4, 0.5) is 5.69 Å². The summed E-state index contributed by atoms with van der Waals surface area (Å²) in [6.07, 6.45) is 8.24. The Balaban J connectivity index is 1.15. The fourth-order valence-electron chi connectivity index (χ4n) is 7.11. The molecule has 4 aliphatic rings. The van der Waals surface area contributed by atoms with E-state index in [0.29, 0.717) is 22.9 Å². The Morgan fingerprint density at radius 1 is 1.08 bits per heavy atom. The minimum Gasteiger partial charge on any atom is -0.477 e. The number of anilines is 1. The first-order valence-electron chi connectivity index (χ1n) is 14.4. The first-order valence-corrected chi connectivity index (χ1v) is 14.4. The largest absolute Gasteiger partial charge is 0.477 e. The fraction of sp³-hybridized carbons (Fsp3) is 0.567. The van der Waals surface area contributed by atoms with E-state index in [4.69, 9.17) is 9.84 Å². The Hall–Kier alpha value is -2.97. The lowest BCUT2D eigenvalue weighted by Gasteiger charge is -2.53. The Morgan fingerprint density at radius 3 is 2.53 bits per heavy atom. The number of nitrogens with zero attached hydrogens (tertiary/aromatic N) is 5. The van der Waals surface area contributed by atoms with Gasteiger partial charge in [0.05, 0.1) is 29.1 Å². The molecular weight excluding hydrogens is 478 g/mol. The van der Waals surface area contributed by atoms with Crippen LogP contribution in [0, 0.1) is 11.3 Å². The molecule has 1 saturated carbocycles. The van der Waals surface area contributed by atoms with E-state index in [0.717, 1.165) is 74.4 Å². The van der Waals surface area contributed by atoms with E-state index < -0.39 is 5.97 Å². The molecule has 1 aliphatic carbocycles. The van der Waals surface area contributed by atoms with Crippen molar-refractivity contribution in [3.05, 3.63) is 47.8 Å². The molecule has 5 heterocycles. The molecule has 1 spiro atoms. The molecule has 3 saturated heterocycles. The molecule has 0 unspecified atom stereocenters. The molecule has 8 nitrogen and oxygen atoms in total. The number of carbonyl (C=O) groups is 1. The highest BCUT2D eigenvalue weighted by Crippen LogP contribution is 2.44. The summed E-state index contributed by atoms with van der Waals surface area (Å²) in [5, 5.41) is 16.1. The summed E-state index contributed by atoms with van der Waals surface area (Å²) < 4.78 is 7.63. The maximum Gasteiger partial charge on any atom is 0.354 e. The number of aromatic nitrogens is 3. The quantitative estimate of drug-likeness (QED) is 0.509. The standard InChI is InChI=1S/C30H37N5O3/c36-29(37)24-16-25(34-13-10-21(11-14-34)17-33-18-30(19-33)12-5-15-38-20-30)26-27(22-6-4-7-22)32-35(28(26)31-24)23-8-2-1-3-9-23/h1-3,8-9,16,21-22H,4-7,10-15,17-20H2,(H,36,37). The van der Waals surface area contributed by atoms with E-state index in [-0.39, 0.29) is 5.69 Å². The van der Waals surface area contributed by atoms with E-state index in [1.807, 2.05) is 35.0 Å². The van der Waals surface area contributed by atoms with Crippen molar-refractivity contribution in [1.82, 2.24) is 19.7 Å². The van der Waals surface area contributed by atoms with Gasteiger partial charge in [-0.2, -0.15) is 5.10 Å². The van der Waals surface area contributed by atoms with Crippen LogP contribution in [0.3, 0.4) is 0 Å². The SMILES string of the molecule is O=C(O)c1cc(N2CCC(CN3CC4(CCCOC4)C3)CC2)c2c(C3CCC3)nn(-c3ccccc3)c2n1. The second-order valence-electron chi connectivity index (χ2n) is 12.0. The molecule has 0 bridgehead atoms. The Kier molecular flexibility index (Phi) is 6.12. The third-order valence-electron chi connectivity index (χ3n) is 9.35. The molecule has 38 heavy (non-hydrogen) atoms. The van der Waals surface area contributed by atoms with Gasteiger partial charge in [-0.1, -0.05) is 24.6 Å². The Bertz CT molecular complexity index is 1310. The van der Waals surface area contributed by atoms with Crippen molar-refractivity contribution in [1.29, 1.82) is 0 Å². The highest BCUT2D eigenvalue weighted by molar-refractivity contribution is 5.98. The number of ether oxygens (including phenoxy) is 1. The highest BCUT2D eigenvalue weighted by Gasteiger charge is 2.44. The maximum atomic E-state index is 12.2. The number of hydrogen-bond donors (Lipinski definition) is 1. The molecule has 3 aromatic rings. The molecule has 4 fully saturated rings. The van der Waals surface area contributed by atoms with Gasteiger partial charge in [-0.05, 0) is 62.6 Å². The van der Waals surface area contributed by atoms with Gasteiger partial charge in [0, 0.05) is 50.7 Å². The normalized spacial score (nSPS) is 22.5. The molecule has 7 rings (SSSR count). The number of para-hydroxylation sites is 1. The predicted octanol–water partition coefficient (Wildman–Crippen LogP) is 4.72. The molecule has 1 N–H and O–H groups in total.